The van der Waals surface area contributed by atoms with Crippen LogP contribution in [0.15, 0.2) is 34.9 Å². The summed E-state index contributed by atoms with van der Waals surface area (Å²) < 4.78 is 1.10. The minimum atomic E-state index is 0.212. The number of rotatable bonds is 2. The Kier molecular flexibility index (Phi) is 3.83. The number of aromatic nitrogens is 2. The van der Waals surface area contributed by atoms with Gasteiger partial charge in [0.1, 0.15) is 0 Å². The van der Waals surface area contributed by atoms with E-state index in [9.17, 15) is 0 Å². The van der Waals surface area contributed by atoms with Crippen LogP contribution in [0.2, 0.25) is 0 Å². The lowest BCUT2D eigenvalue weighted by Crippen LogP contribution is -2.46. The zero-order valence-electron chi connectivity index (χ0n) is 11.5. The van der Waals surface area contributed by atoms with Crippen LogP contribution in [0.25, 0.3) is 0 Å². The summed E-state index contributed by atoms with van der Waals surface area (Å²) in [5.41, 5.74) is 13.5. The molecule has 7 heteroatoms. The molecular formula is C14H17BrN6. The minimum absolute atomic E-state index is 0.212. The Morgan fingerprint density at radius 3 is 2.43 bits per heavy atom. The third kappa shape index (κ3) is 3.02. The molecule has 2 aromatic rings. The average molecular weight is 349 g/mol. The first-order valence-corrected chi connectivity index (χ1v) is 7.56. The molecule has 0 amide bonds. The molecule has 0 atom stereocenters. The summed E-state index contributed by atoms with van der Waals surface area (Å²) in [4.78, 5) is 12.6. The van der Waals surface area contributed by atoms with Crippen LogP contribution in [0.4, 0.5) is 23.1 Å². The fraction of sp³-hybridized carbons (Fsp3) is 0.286. The van der Waals surface area contributed by atoms with Crippen molar-refractivity contribution in [1.29, 1.82) is 0 Å². The van der Waals surface area contributed by atoms with Gasteiger partial charge in [0.15, 0.2) is 5.82 Å². The largest absolute Gasteiger partial charge is 0.382 e. The van der Waals surface area contributed by atoms with Gasteiger partial charge in [-0.2, -0.15) is 4.98 Å². The zero-order valence-corrected chi connectivity index (χ0v) is 13.1. The number of nitrogens with zero attached hydrogens (tertiary/aromatic N) is 4. The van der Waals surface area contributed by atoms with E-state index in [0.29, 0.717) is 5.82 Å². The smallest absolute Gasteiger partial charge is 0.222 e. The summed E-state index contributed by atoms with van der Waals surface area (Å²) >= 11 is 3.51. The molecule has 1 aromatic carbocycles. The third-order valence-corrected chi connectivity index (χ3v) is 4.10. The van der Waals surface area contributed by atoms with Gasteiger partial charge in [-0.3, -0.25) is 0 Å². The van der Waals surface area contributed by atoms with E-state index >= 15 is 0 Å². The van der Waals surface area contributed by atoms with Crippen molar-refractivity contribution in [2.24, 2.45) is 0 Å². The normalized spacial score (nSPS) is 15.3. The maximum absolute atomic E-state index is 5.93. The first-order chi connectivity index (χ1) is 10.1. The lowest BCUT2D eigenvalue weighted by Gasteiger charge is -2.37. The number of nitrogens with two attached hydrogens (primary N) is 2. The highest BCUT2D eigenvalue weighted by Gasteiger charge is 2.20. The molecule has 0 aliphatic carbocycles. The molecule has 0 unspecified atom stereocenters. The van der Waals surface area contributed by atoms with Crippen molar-refractivity contribution in [2.45, 2.75) is 0 Å². The third-order valence-electron chi connectivity index (χ3n) is 3.61. The van der Waals surface area contributed by atoms with Crippen LogP contribution in [0.1, 0.15) is 0 Å². The van der Waals surface area contributed by atoms with Gasteiger partial charge in [-0.15, -0.1) is 0 Å². The molecule has 0 saturated carbocycles. The summed E-state index contributed by atoms with van der Waals surface area (Å²) in [7, 11) is 0. The van der Waals surface area contributed by atoms with Crippen LogP contribution in [-0.2, 0) is 0 Å². The first kappa shape index (κ1) is 13.9. The summed E-state index contributed by atoms with van der Waals surface area (Å²) in [6, 6.07) is 8.35. The van der Waals surface area contributed by atoms with Crippen LogP contribution in [0.5, 0.6) is 0 Å². The second kappa shape index (κ2) is 5.77. The van der Waals surface area contributed by atoms with Crippen LogP contribution in [-0.4, -0.2) is 36.1 Å². The quantitative estimate of drug-likeness (QED) is 0.859. The minimum Gasteiger partial charge on any atom is -0.382 e. The monoisotopic (exact) mass is 348 g/mol. The van der Waals surface area contributed by atoms with Crippen molar-refractivity contribution in [3.63, 3.8) is 0 Å². The maximum Gasteiger partial charge on any atom is 0.222 e. The fourth-order valence-corrected chi connectivity index (χ4v) is 2.91. The lowest BCUT2D eigenvalue weighted by molar-refractivity contribution is 0.652. The molecule has 1 saturated heterocycles. The molecule has 1 aliphatic rings. The van der Waals surface area contributed by atoms with Crippen LogP contribution in [0, 0.1) is 0 Å². The average Bonchev–Trinajstić information content (AvgIpc) is 2.47. The van der Waals surface area contributed by atoms with E-state index in [1.807, 2.05) is 6.07 Å². The predicted octanol–water partition coefficient (Wildman–Crippen LogP) is 1.73. The van der Waals surface area contributed by atoms with E-state index in [1.165, 1.54) is 5.69 Å². The summed E-state index contributed by atoms with van der Waals surface area (Å²) in [6.07, 6.45) is 1.70. The lowest BCUT2D eigenvalue weighted by atomic mass is 10.2. The Morgan fingerprint density at radius 2 is 1.76 bits per heavy atom. The van der Waals surface area contributed by atoms with E-state index in [4.69, 9.17) is 11.5 Å². The molecular weight excluding hydrogens is 332 g/mol. The molecule has 4 N–H and O–H groups in total. The van der Waals surface area contributed by atoms with Gasteiger partial charge < -0.3 is 21.3 Å². The van der Waals surface area contributed by atoms with E-state index in [-0.39, 0.29) is 5.95 Å². The van der Waals surface area contributed by atoms with Gasteiger partial charge in [-0.25, -0.2) is 4.98 Å². The molecule has 6 nitrogen and oxygen atoms in total. The second-order valence-corrected chi connectivity index (χ2v) is 5.87. The highest BCUT2D eigenvalue weighted by Crippen LogP contribution is 2.25. The number of anilines is 4. The standard InChI is InChI=1S/C14H17BrN6/c15-10-2-1-3-11(8-10)20-4-6-21(7-5-20)12-9-18-14(17)19-13(12)16/h1-3,8-9H,4-7H2,(H4,16,17,18,19). The highest BCUT2D eigenvalue weighted by molar-refractivity contribution is 9.10. The Hall–Kier alpha value is -2.02. The molecule has 2 heterocycles. The van der Waals surface area contributed by atoms with Gasteiger partial charge in [0.25, 0.3) is 0 Å². The SMILES string of the molecule is Nc1ncc(N2CCN(c3cccc(Br)c3)CC2)c(N)n1. The van der Waals surface area contributed by atoms with Crippen LogP contribution in [0.3, 0.4) is 0 Å². The van der Waals surface area contributed by atoms with Crippen molar-refractivity contribution in [3.05, 3.63) is 34.9 Å². The highest BCUT2D eigenvalue weighted by atomic mass is 79.9. The van der Waals surface area contributed by atoms with E-state index in [2.05, 4.69) is 53.9 Å². The van der Waals surface area contributed by atoms with Gasteiger partial charge in [-0.1, -0.05) is 22.0 Å². The van der Waals surface area contributed by atoms with E-state index < -0.39 is 0 Å². The van der Waals surface area contributed by atoms with Gasteiger partial charge in [0.05, 0.1) is 11.9 Å². The van der Waals surface area contributed by atoms with Gasteiger partial charge >= 0.3 is 0 Å². The molecule has 21 heavy (non-hydrogen) atoms. The number of nitrogen functional groups attached to an aromatic ring is 2. The molecule has 3 rings (SSSR count). The molecule has 110 valence electrons. The molecule has 1 fully saturated rings. The Balaban J connectivity index is 1.70. The Morgan fingerprint density at radius 1 is 1.05 bits per heavy atom. The number of hydrogen-bond donors (Lipinski definition) is 2. The summed E-state index contributed by atoms with van der Waals surface area (Å²) in [6.45, 7) is 3.62. The van der Waals surface area contributed by atoms with E-state index in [0.717, 1.165) is 36.3 Å². The predicted molar refractivity (Wildman–Crippen MR) is 89.4 cm³/mol. The number of piperazine rings is 1. The molecule has 1 aromatic heterocycles. The van der Waals surface area contributed by atoms with Crippen LogP contribution >= 0.6 is 15.9 Å². The van der Waals surface area contributed by atoms with Gasteiger partial charge in [0, 0.05) is 36.3 Å². The van der Waals surface area contributed by atoms with Gasteiger partial charge in [0.2, 0.25) is 5.95 Å². The van der Waals surface area contributed by atoms with Crippen molar-refractivity contribution in [3.8, 4) is 0 Å². The van der Waals surface area contributed by atoms with Crippen molar-refractivity contribution < 1.29 is 0 Å². The van der Waals surface area contributed by atoms with E-state index in [1.54, 1.807) is 6.20 Å². The zero-order chi connectivity index (χ0) is 14.8. The summed E-state index contributed by atoms with van der Waals surface area (Å²) in [5.74, 6) is 0.655. The van der Waals surface area contributed by atoms with Crippen molar-refractivity contribution in [2.75, 3.05) is 47.4 Å². The number of hydrogen-bond acceptors (Lipinski definition) is 6. The van der Waals surface area contributed by atoms with Crippen molar-refractivity contribution in [1.82, 2.24) is 9.97 Å². The van der Waals surface area contributed by atoms with Gasteiger partial charge in [-0.05, 0) is 18.2 Å². The number of halogens is 1. The Bertz CT molecular complexity index is 639. The summed E-state index contributed by atoms with van der Waals surface area (Å²) in [5, 5.41) is 0. The van der Waals surface area contributed by atoms with Crippen LogP contribution < -0.4 is 21.3 Å². The Labute approximate surface area is 131 Å². The molecule has 0 radical (unpaired) electrons. The maximum atomic E-state index is 5.93. The second-order valence-electron chi connectivity index (χ2n) is 4.95. The molecule has 1 aliphatic heterocycles. The molecule has 0 spiro atoms. The van der Waals surface area contributed by atoms with Crippen molar-refractivity contribution >= 4 is 39.1 Å². The fourth-order valence-electron chi connectivity index (χ4n) is 2.52. The topological polar surface area (TPSA) is 84.3 Å². The molecule has 0 bridgehead atoms. The first-order valence-electron chi connectivity index (χ1n) is 6.77. The number of benzene rings is 1.